The summed E-state index contributed by atoms with van der Waals surface area (Å²) in [6, 6.07) is 0. The van der Waals surface area contributed by atoms with Gasteiger partial charge in [-0.05, 0) is 32.1 Å². The molecule has 1 saturated carbocycles. The largest absolute Gasteiger partial charge is 0.381 e. The van der Waals surface area contributed by atoms with Gasteiger partial charge in [-0.25, -0.2) is 0 Å². The Bertz CT molecular complexity index is 284. The average Bonchev–Trinajstić information content (AvgIpc) is 2.88. The highest BCUT2D eigenvalue weighted by Crippen LogP contribution is 2.27. The second kappa shape index (κ2) is 7.22. The number of nitrogens with one attached hydrogen (secondary N) is 1. The second-order valence-corrected chi connectivity index (χ2v) is 5.66. The van der Waals surface area contributed by atoms with Gasteiger partial charge in [0, 0.05) is 26.4 Å². The molecule has 5 nitrogen and oxygen atoms in total. The van der Waals surface area contributed by atoms with Gasteiger partial charge in [0.25, 0.3) is 0 Å². The highest BCUT2D eigenvalue weighted by molar-refractivity contribution is 5.86. The number of carbonyl (C=O) groups is 1. The van der Waals surface area contributed by atoms with E-state index in [0.29, 0.717) is 19.3 Å². The number of nitrogens with two attached hydrogens (primary N) is 1. The Kier molecular flexibility index (Phi) is 5.60. The van der Waals surface area contributed by atoms with Crippen molar-refractivity contribution in [2.75, 3.05) is 26.4 Å². The Hall–Kier alpha value is -0.650. The van der Waals surface area contributed by atoms with E-state index in [1.165, 1.54) is 0 Å². The molecule has 0 unspecified atom stereocenters. The molecule has 3 N–H and O–H groups in total. The third-order valence-corrected chi connectivity index (χ3v) is 4.08. The van der Waals surface area contributed by atoms with Gasteiger partial charge < -0.3 is 20.5 Å². The van der Waals surface area contributed by atoms with Crippen LogP contribution in [0.4, 0.5) is 0 Å². The minimum atomic E-state index is -0.610. The minimum Gasteiger partial charge on any atom is -0.381 e. The van der Waals surface area contributed by atoms with E-state index in [9.17, 15) is 4.79 Å². The van der Waals surface area contributed by atoms with Crippen LogP contribution in [0.3, 0.4) is 0 Å². The van der Waals surface area contributed by atoms with Crippen LogP contribution in [-0.2, 0) is 14.3 Å². The molecule has 1 heterocycles. The van der Waals surface area contributed by atoms with Crippen molar-refractivity contribution in [3.05, 3.63) is 0 Å². The molecular weight excluding hydrogens is 244 g/mol. The molecule has 0 spiro atoms. The number of ether oxygens (including phenoxy) is 2. The van der Waals surface area contributed by atoms with E-state index >= 15 is 0 Å². The third-order valence-electron chi connectivity index (χ3n) is 4.08. The molecule has 110 valence electrons. The SMILES string of the molecule is NC1(C(=O)NCCCOC2CCOCC2)CCCC1. The molecule has 2 rings (SSSR count). The molecule has 19 heavy (non-hydrogen) atoms. The molecule has 0 radical (unpaired) electrons. The van der Waals surface area contributed by atoms with Gasteiger partial charge in [0.2, 0.25) is 5.91 Å². The van der Waals surface area contributed by atoms with Crippen molar-refractivity contribution in [2.45, 2.75) is 56.6 Å². The first kappa shape index (κ1) is 14.8. The van der Waals surface area contributed by atoms with Crippen LogP contribution in [0, 0.1) is 0 Å². The van der Waals surface area contributed by atoms with Crippen LogP contribution in [0.25, 0.3) is 0 Å². The summed E-state index contributed by atoms with van der Waals surface area (Å²) in [5.41, 5.74) is 5.47. The standard InChI is InChI=1S/C14H26N2O3/c15-14(6-1-2-7-14)13(17)16-8-3-9-19-12-4-10-18-11-5-12/h12H,1-11,15H2,(H,16,17). The first-order chi connectivity index (χ1) is 9.21. The van der Waals surface area contributed by atoms with Crippen molar-refractivity contribution in [3.8, 4) is 0 Å². The Balaban J connectivity index is 1.52. The monoisotopic (exact) mass is 270 g/mol. The molecular formula is C14H26N2O3. The maximum atomic E-state index is 11.9. The Labute approximate surface area is 115 Å². The summed E-state index contributed by atoms with van der Waals surface area (Å²) in [5.74, 6) is 0.0102. The van der Waals surface area contributed by atoms with Crippen molar-refractivity contribution >= 4 is 5.91 Å². The van der Waals surface area contributed by atoms with Crippen molar-refractivity contribution in [1.82, 2.24) is 5.32 Å². The second-order valence-electron chi connectivity index (χ2n) is 5.66. The fourth-order valence-corrected chi connectivity index (χ4v) is 2.78. The number of rotatable bonds is 6. The molecule has 1 aliphatic carbocycles. The Morgan fingerprint density at radius 1 is 1.32 bits per heavy atom. The zero-order chi connectivity index (χ0) is 13.6. The maximum absolute atomic E-state index is 11.9. The van der Waals surface area contributed by atoms with Crippen LogP contribution < -0.4 is 11.1 Å². The van der Waals surface area contributed by atoms with Crippen molar-refractivity contribution in [2.24, 2.45) is 5.73 Å². The smallest absolute Gasteiger partial charge is 0.240 e. The molecule has 1 amide bonds. The molecule has 5 heteroatoms. The number of carbonyl (C=O) groups excluding carboxylic acids is 1. The lowest BCUT2D eigenvalue weighted by molar-refractivity contribution is -0.126. The van der Waals surface area contributed by atoms with Crippen molar-refractivity contribution < 1.29 is 14.3 Å². The zero-order valence-electron chi connectivity index (χ0n) is 11.7. The molecule has 0 bridgehead atoms. The Morgan fingerprint density at radius 3 is 2.68 bits per heavy atom. The summed E-state index contributed by atoms with van der Waals surface area (Å²) < 4.78 is 11.0. The van der Waals surface area contributed by atoms with Gasteiger partial charge in [-0.2, -0.15) is 0 Å². The van der Waals surface area contributed by atoms with E-state index in [2.05, 4.69) is 5.32 Å². The highest BCUT2D eigenvalue weighted by Gasteiger charge is 2.36. The predicted octanol–water partition coefficient (Wildman–Crippen LogP) is 0.960. The van der Waals surface area contributed by atoms with Gasteiger partial charge in [-0.3, -0.25) is 4.79 Å². The summed E-state index contributed by atoms with van der Waals surface area (Å²) in [4.78, 5) is 11.9. The summed E-state index contributed by atoms with van der Waals surface area (Å²) in [6.07, 6.45) is 6.91. The number of amides is 1. The van der Waals surface area contributed by atoms with Gasteiger partial charge >= 0.3 is 0 Å². The van der Waals surface area contributed by atoms with Crippen LogP contribution in [-0.4, -0.2) is 43.9 Å². The fourth-order valence-electron chi connectivity index (χ4n) is 2.78. The van der Waals surface area contributed by atoms with E-state index in [1.54, 1.807) is 0 Å². The molecule has 1 saturated heterocycles. The molecule has 0 aromatic heterocycles. The van der Waals surface area contributed by atoms with Crippen molar-refractivity contribution in [1.29, 1.82) is 0 Å². The Morgan fingerprint density at radius 2 is 2.00 bits per heavy atom. The van der Waals surface area contributed by atoms with Gasteiger partial charge in [-0.15, -0.1) is 0 Å². The van der Waals surface area contributed by atoms with Gasteiger partial charge in [-0.1, -0.05) is 12.8 Å². The van der Waals surface area contributed by atoms with E-state index < -0.39 is 5.54 Å². The fraction of sp³-hybridized carbons (Fsp3) is 0.929. The van der Waals surface area contributed by atoms with Crippen LogP contribution >= 0.6 is 0 Å². The number of hydrogen-bond donors (Lipinski definition) is 2. The lowest BCUT2D eigenvalue weighted by Crippen LogP contribution is -2.52. The quantitative estimate of drug-likeness (QED) is 0.705. The number of hydrogen-bond acceptors (Lipinski definition) is 4. The first-order valence-electron chi connectivity index (χ1n) is 7.47. The van der Waals surface area contributed by atoms with Gasteiger partial charge in [0.15, 0.2) is 0 Å². The first-order valence-corrected chi connectivity index (χ1v) is 7.47. The van der Waals surface area contributed by atoms with E-state index in [0.717, 1.165) is 58.2 Å². The third kappa shape index (κ3) is 4.44. The van der Waals surface area contributed by atoms with Gasteiger partial charge in [0.1, 0.15) is 0 Å². The van der Waals surface area contributed by atoms with Crippen LogP contribution in [0.15, 0.2) is 0 Å². The van der Waals surface area contributed by atoms with E-state index in [4.69, 9.17) is 15.2 Å². The molecule has 2 aliphatic rings. The average molecular weight is 270 g/mol. The topological polar surface area (TPSA) is 73.6 Å². The highest BCUT2D eigenvalue weighted by atomic mass is 16.5. The molecule has 2 fully saturated rings. The minimum absolute atomic E-state index is 0.0102. The van der Waals surface area contributed by atoms with Crippen LogP contribution in [0.5, 0.6) is 0 Å². The van der Waals surface area contributed by atoms with Gasteiger partial charge in [0.05, 0.1) is 11.6 Å². The van der Waals surface area contributed by atoms with E-state index in [1.807, 2.05) is 0 Å². The summed E-state index contributed by atoms with van der Waals surface area (Å²) in [6.45, 7) is 2.96. The lowest BCUT2D eigenvalue weighted by Gasteiger charge is -2.23. The lowest BCUT2D eigenvalue weighted by atomic mass is 9.98. The summed E-state index contributed by atoms with van der Waals surface area (Å²) in [7, 11) is 0. The van der Waals surface area contributed by atoms with Crippen molar-refractivity contribution in [3.63, 3.8) is 0 Å². The van der Waals surface area contributed by atoms with E-state index in [-0.39, 0.29) is 5.91 Å². The summed E-state index contributed by atoms with van der Waals surface area (Å²) >= 11 is 0. The molecule has 1 aliphatic heterocycles. The normalized spacial score (nSPS) is 23.4. The maximum Gasteiger partial charge on any atom is 0.240 e. The zero-order valence-corrected chi connectivity index (χ0v) is 11.7. The molecule has 0 atom stereocenters. The predicted molar refractivity (Wildman–Crippen MR) is 72.8 cm³/mol. The van der Waals surface area contributed by atoms with Crippen LogP contribution in [0.2, 0.25) is 0 Å². The molecule has 0 aromatic carbocycles. The molecule has 0 aromatic rings. The summed E-state index contributed by atoms with van der Waals surface area (Å²) in [5, 5.41) is 2.93. The van der Waals surface area contributed by atoms with Crippen LogP contribution in [0.1, 0.15) is 44.9 Å².